The molecule has 2 atom stereocenters. The Kier molecular flexibility index (Phi) is 5.02. The van der Waals surface area contributed by atoms with Crippen molar-refractivity contribution in [2.75, 3.05) is 0 Å². The summed E-state index contributed by atoms with van der Waals surface area (Å²) in [5.41, 5.74) is 7.34. The molecular weight excluding hydrogens is 410 g/mol. The van der Waals surface area contributed by atoms with E-state index in [9.17, 15) is 9.90 Å². The van der Waals surface area contributed by atoms with Gasteiger partial charge in [0.25, 0.3) is 0 Å². The van der Waals surface area contributed by atoms with Crippen molar-refractivity contribution in [1.82, 2.24) is 4.98 Å². The lowest BCUT2D eigenvalue weighted by molar-refractivity contribution is -0.136. The van der Waals surface area contributed by atoms with Crippen molar-refractivity contribution in [2.24, 2.45) is 0 Å². The van der Waals surface area contributed by atoms with Crippen LogP contribution in [0, 0.1) is 6.92 Å². The summed E-state index contributed by atoms with van der Waals surface area (Å²) < 4.78 is 0. The Hall–Kier alpha value is -3.24. The average molecular weight is 440 g/mol. The van der Waals surface area contributed by atoms with E-state index in [0.29, 0.717) is 11.8 Å². The van der Waals surface area contributed by atoms with Crippen molar-refractivity contribution in [3.05, 3.63) is 77.0 Å². The third-order valence-electron chi connectivity index (χ3n) is 6.52. The number of nitrogens with zero attached hydrogens (tertiary/aromatic N) is 1. The molecule has 0 saturated heterocycles. The summed E-state index contributed by atoms with van der Waals surface area (Å²) in [5.74, 6) is 0.506. The van der Waals surface area contributed by atoms with Crippen LogP contribution < -0.4 is 0 Å². The van der Waals surface area contributed by atoms with E-state index in [-0.39, 0.29) is 6.42 Å². The first-order valence-corrected chi connectivity index (χ1v) is 11.5. The summed E-state index contributed by atoms with van der Waals surface area (Å²) in [6.07, 6.45) is 3.18. The van der Waals surface area contributed by atoms with Gasteiger partial charge in [0.15, 0.2) is 0 Å². The van der Waals surface area contributed by atoms with Crippen LogP contribution in [0.15, 0.2) is 54.7 Å². The summed E-state index contributed by atoms with van der Waals surface area (Å²) in [4.78, 5) is 16.4. The molecule has 3 aromatic carbocycles. The van der Waals surface area contributed by atoms with Crippen LogP contribution in [0.5, 0.6) is 0 Å². The molecule has 6 rings (SSSR count). The number of aliphatic hydroxyl groups is 1. The van der Waals surface area contributed by atoms with Gasteiger partial charge in [0.05, 0.1) is 17.5 Å². The summed E-state index contributed by atoms with van der Waals surface area (Å²) in [7, 11) is 0. The van der Waals surface area contributed by atoms with E-state index >= 15 is 0 Å². The molecule has 1 aromatic heterocycles. The van der Waals surface area contributed by atoms with Crippen molar-refractivity contribution < 1.29 is 15.0 Å². The minimum absolute atomic E-state index is 0.0141. The van der Waals surface area contributed by atoms with Crippen molar-refractivity contribution >= 4 is 27.6 Å². The Morgan fingerprint density at radius 3 is 2.42 bits per heavy atom. The molecule has 4 heteroatoms. The van der Waals surface area contributed by atoms with Gasteiger partial charge in [0.1, 0.15) is 0 Å². The Labute approximate surface area is 193 Å². The third-order valence-corrected chi connectivity index (χ3v) is 6.52. The number of carboxylic acid groups (broad SMARTS) is 1. The van der Waals surface area contributed by atoms with Crippen LogP contribution >= 0.6 is 0 Å². The molecule has 33 heavy (non-hydrogen) atoms. The highest BCUT2D eigenvalue weighted by Gasteiger charge is 2.47. The van der Waals surface area contributed by atoms with Gasteiger partial charge >= 0.3 is 5.97 Å². The molecule has 2 unspecified atom stereocenters. The molecule has 1 fully saturated rings. The van der Waals surface area contributed by atoms with Crippen LogP contribution in [-0.4, -0.2) is 26.8 Å². The number of benzene rings is 3. The normalized spacial score (nSPS) is 18.1. The zero-order valence-electron chi connectivity index (χ0n) is 19.5. The minimum atomic E-state index is -0.806. The number of carbonyl (C=O) groups is 1. The summed E-state index contributed by atoms with van der Waals surface area (Å²) >= 11 is 0. The van der Waals surface area contributed by atoms with Gasteiger partial charge in [-0.2, -0.15) is 0 Å². The van der Waals surface area contributed by atoms with Crippen LogP contribution in [0.25, 0.3) is 32.8 Å². The molecule has 0 aliphatic heterocycles. The molecule has 0 bridgehead atoms. The zero-order valence-corrected chi connectivity index (χ0v) is 19.5. The lowest BCUT2D eigenvalue weighted by Crippen LogP contribution is -2.10. The number of carboxylic acids is 1. The van der Waals surface area contributed by atoms with Gasteiger partial charge in [-0.05, 0) is 90.6 Å². The van der Waals surface area contributed by atoms with Crippen LogP contribution in [-0.2, 0) is 11.2 Å². The second-order valence-corrected chi connectivity index (χ2v) is 10.3. The quantitative estimate of drug-likeness (QED) is 0.390. The molecule has 2 aliphatic carbocycles. The lowest BCUT2D eigenvalue weighted by atomic mass is 9.86. The smallest absolute Gasteiger partial charge is 0.307 e. The second-order valence-electron chi connectivity index (χ2n) is 10.3. The number of rotatable bonds is 3. The SMILES string of the molecule is CC(C)(C)O.Cc1cc2ccccc2c(-c2ccc3c4c(ccnc24)C2CC32)c1CC(=O)O. The van der Waals surface area contributed by atoms with Gasteiger partial charge in [0, 0.05) is 17.1 Å². The monoisotopic (exact) mass is 439 g/mol. The highest BCUT2D eigenvalue weighted by molar-refractivity contribution is 6.08. The number of pyridine rings is 1. The predicted octanol–water partition coefficient (Wildman–Crippen LogP) is 6.35. The fourth-order valence-electron chi connectivity index (χ4n) is 5.24. The van der Waals surface area contributed by atoms with Gasteiger partial charge in [-0.25, -0.2) is 0 Å². The first-order valence-electron chi connectivity index (χ1n) is 11.5. The van der Waals surface area contributed by atoms with Crippen molar-refractivity contribution in [2.45, 2.75) is 58.0 Å². The standard InChI is InChI=1S/C25H19NO2.C4H10O/c1-13-10-14-4-2-3-5-15(14)23(19(13)12-22(27)28)18-7-6-16-20-11-21(20)17-8-9-26-25(18)24(16)17;1-4(2,3)5/h2-10,20-21H,11-12H2,1H3,(H,27,28);5H,1-3H3. The Bertz CT molecular complexity index is 1390. The van der Waals surface area contributed by atoms with Crippen molar-refractivity contribution in [3.8, 4) is 11.1 Å². The molecule has 0 radical (unpaired) electrons. The second kappa shape index (κ2) is 7.67. The van der Waals surface area contributed by atoms with Gasteiger partial charge in [0.2, 0.25) is 0 Å². The molecular formula is C29H29NO3. The number of aryl methyl sites for hydroxylation is 1. The zero-order chi connectivity index (χ0) is 23.5. The number of fused-ring (bicyclic) bond motifs is 4. The fourth-order valence-corrected chi connectivity index (χ4v) is 5.24. The molecule has 2 aliphatic rings. The first kappa shape index (κ1) is 21.6. The number of aliphatic carboxylic acids is 1. The van der Waals surface area contributed by atoms with E-state index in [0.717, 1.165) is 38.5 Å². The molecule has 1 heterocycles. The largest absolute Gasteiger partial charge is 0.481 e. The maximum atomic E-state index is 11.7. The Balaban J connectivity index is 0.000000416. The summed E-state index contributed by atoms with van der Waals surface area (Å²) in [6, 6.07) is 16.9. The summed E-state index contributed by atoms with van der Waals surface area (Å²) in [5, 5.41) is 21.6. The van der Waals surface area contributed by atoms with Crippen LogP contribution in [0.3, 0.4) is 0 Å². The Morgan fingerprint density at radius 2 is 1.73 bits per heavy atom. The maximum Gasteiger partial charge on any atom is 0.307 e. The highest BCUT2D eigenvalue weighted by Crippen LogP contribution is 2.63. The van der Waals surface area contributed by atoms with E-state index in [1.165, 1.54) is 22.9 Å². The summed E-state index contributed by atoms with van der Waals surface area (Å²) in [6.45, 7) is 7.24. The number of hydrogen-bond donors (Lipinski definition) is 2. The molecule has 0 spiro atoms. The van der Waals surface area contributed by atoms with E-state index in [1.807, 2.05) is 25.3 Å². The highest BCUT2D eigenvalue weighted by atomic mass is 16.4. The van der Waals surface area contributed by atoms with Crippen LogP contribution in [0.4, 0.5) is 0 Å². The van der Waals surface area contributed by atoms with Crippen LogP contribution in [0.2, 0.25) is 0 Å². The van der Waals surface area contributed by atoms with E-state index in [4.69, 9.17) is 10.1 Å². The topological polar surface area (TPSA) is 70.4 Å². The van der Waals surface area contributed by atoms with Gasteiger partial charge in [-0.15, -0.1) is 0 Å². The van der Waals surface area contributed by atoms with Crippen molar-refractivity contribution in [1.29, 1.82) is 0 Å². The van der Waals surface area contributed by atoms with Gasteiger partial charge in [-0.3, -0.25) is 9.78 Å². The van der Waals surface area contributed by atoms with Crippen molar-refractivity contribution in [3.63, 3.8) is 0 Å². The van der Waals surface area contributed by atoms with E-state index in [1.54, 1.807) is 20.8 Å². The molecule has 0 amide bonds. The molecule has 168 valence electrons. The van der Waals surface area contributed by atoms with Crippen LogP contribution in [0.1, 0.15) is 61.3 Å². The predicted molar refractivity (Wildman–Crippen MR) is 133 cm³/mol. The molecule has 2 N–H and O–H groups in total. The Morgan fingerprint density at radius 1 is 1.06 bits per heavy atom. The van der Waals surface area contributed by atoms with Gasteiger partial charge < -0.3 is 10.2 Å². The molecule has 1 saturated carbocycles. The maximum absolute atomic E-state index is 11.7. The first-order chi connectivity index (χ1) is 15.6. The number of hydrogen-bond acceptors (Lipinski definition) is 3. The molecule has 4 aromatic rings. The van der Waals surface area contributed by atoms with E-state index in [2.05, 4.69) is 36.4 Å². The lowest BCUT2D eigenvalue weighted by Gasteiger charge is -2.18. The molecule has 4 nitrogen and oxygen atoms in total. The third kappa shape index (κ3) is 3.89. The van der Waals surface area contributed by atoms with Gasteiger partial charge in [-0.1, -0.05) is 42.5 Å². The number of aromatic nitrogens is 1. The van der Waals surface area contributed by atoms with E-state index < -0.39 is 11.6 Å². The fraction of sp³-hybridized carbons (Fsp3) is 0.310. The average Bonchev–Trinajstić information content (AvgIpc) is 3.46. The minimum Gasteiger partial charge on any atom is -0.481 e.